The van der Waals surface area contributed by atoms with Gasteiger partial charge in [-0.15, -0.1) is 0 Å². The minimum absolute atomic E-state index is 0.0928. The molecule has 0 saturated heterocycles. The van der Waals surface area contributed by atoms with Gasteiger partial charge >= 0.3 is 5.97 Å². The molecule has 0 fully saturated rings. The number of amides is 1. The van der Waals surface area contributed by atoms with Crippen LogP contribution in [-0.4, -0.2) is 49.6 Å². The molecule has 0 spiro atoms. The molecule has 5 rings (SSSR count). The number of hydrogen-bond donors (Lipinski definition) is 1. The molecule has 0 aromatic heterocycles. The number of hydrogen-bond acceptors (Lipinski definition) is 10. The molecule has 3 aliphatic heterocycles. The lowest BCUT2D eigenvalue weighted by Gasteiger charge is -2.36. The van der Waals surface area contributed by atoms with E-state index >= 15 is 0 Å². The largest absolute Gasteiger partial charge is 0.493 e. The second-order valence-corrected chi connectivity index (χ2v) is 9.71. The number of allylic oxidation sites excluding steroid dienone is 1. The fourth-order valence-corrected chi connectivity index (χ4v) is 5.62. The highest BCUT2D eigenvalue weighted by Gasteiger charge is 2.41. The number of rotatable bonds is 9. The van der Waals surface area contributed by atoms with Gasteiger partial charge in [-0.25, -0.2) is 9.79 Å². The number of nitrogens with zero attached hydrogens (tertiary/aromatic N) is 2. The number of fused-ring (bicyclic) bond motifs is 2. The van der Waals surface area contributed by atoms with Gasteiger partial charge in [0.1, 0.15) is 0 Å². The maximum absolute atomic E-state index is 13.2. The van der Waals surface area contributed by atoms with Crippen LogP contribution in [0.2, 0.25) is 0 Å². The third kappa shape index (κ3) is 5.26. The summed E-state index contributed by atoms with van der Waals surface area (Å²) in [6, 6.07) is 10.5. The number of methoxy groups -OCH3 is 2. The Hall–Kier alpha value is -4.12. The van der Waals surface area contributed by atoms with Crippen molar-refractivity contribution in [3.05, 3.63) is 69.9 Å². The zero-order valence-corrected chi connectivity index (χ0v) is 22.9. The van der Waals surface area contributed by atoms with Crippen molar-refractivity contribution in [3.8, 4) is 23.0 Å². The summed E-state index contributed by atoms with van der Waals surface area (Å²) >= 11 is 1.41. The highest BCUT2D eigenvalue weighted by Crippen LogP contribution is 2.46. The zero-order valence-electron chi connectivity index (χ0n) is 22.1. The third-order valence-electron chi connectivity index (χ3n) is 6.49. The van der Waals surface area contributed by atoms with E-state index in [1.807, 2.05) is 40.6 Å². The second kappa shape index (κ2) is 11.3. The summed E-state index contributed by atoms with van der Waals surface area (Å²) in [5.41, 5.74) is 3.36. The van der Waals surface area contributed by atoms with Crippen molar-refractivity contribution in [1.82, 2.24) is 10.2 Å². The molecule has 10 nitrogen and oxygen atoms in total. The van der Waals surface area contributed by atoms with Crippen molar-refractivity contribution in [1.29, 1.82) is 0 Å². The van der Waals surface area contributed by atoms with Crippen molar-refractivity contribution >= 4 is 28.8 Å². The molecule has 0 saturated carbocycles. The van der Waals surface area contributed by atoms with Crippen molar-refractivity contribution in [3.63, 3.8) is 0 Å². The number of benzene rings is 2. The summed E-state index contributed by atoms with van der Waals surface area (Å²) in [6.07, 6.45) is 0.0928. The van der Waals surface area contributed by atoms with Crippen molar-refractivity contribution < 1.29 is 33.3 Å². The topological polar surface area (TPSA) is 108 Å². The Morgan fingerprint density at radius 1 is 1.10 bits per heavy atom. The predicted molar refractivity (Wildman–Crippen MR) is 146 cm³/mol. The molecule has 1 N–H and O–H groups in total. The first-order chi connectivity index (χ1) is 18.9. The monoisotopic (exact) mass is 551 g/mol. The van der Waals surface area contributed by atoms with Crippen LogP contribution in [0.25, 0.3) is 0 Å². The van der Waals surface area contributed by atoms with Gasteiger partial charge in [0.2, 0.25) is 12.7 Å². The van der Waals surface area contributed by atoms with E-state index in [4.69, 9.17) is 23.7 Å². The smallest absolute Gasteiger partial charge is 0.338 e. The van der Waals surface area contributed by atoms with Gasteiger partial charge in [0.25, 0.3) is 0 Å². The normalized spacial score (nSPS) is 17.3. The third-order valence-corrected chi connectivity index (χ3v) is 7.38. The van der Waals surface area contributed by atoms with Crippen LogP contribution in [0.1, 0.15) is 37.4 Å². The Labute approximate surface area is 230 Å². The molecule has 39 heavy (non-hydrogen) atoms. The van der Waals surface area contributed by atoms with Crippen LogP contribution in [0, 0.1) is 0 Å². The lowest BCUT2D eigenvalue weighted by Crippen LogP contribution is -2.38. The van der Waals surface area contributed by atoms with Crippen LogP contribution in [0.5, 0.6) is 23.0 Å². The Morgan fingerprint density at radius 2 is 1.90 bits per heavy atom. The fourth-order valence-electron chi connectivity index (χ4n) is 4.66. The van der Waals surface area contributed by atoms with E-state index in [0.717, 1.165) is 16.8 Å². The molecule has 1 atom stereocenters. The van der Waals surface area contributed by atoms with Gasteiger partial charge < -0.3 is 33.9 Å². The number of amidine groups is 1. The maximum Gasteiger partial charge on any atom is 0.338 e. The van der Waals surface area contributed by atoms with Crippen LogP contribution < -0.4 is 24.3 Å². The van der Waals surface area contributed by atoms with E-state index < -0.39 is 12.0 Å². The van der Waals surface area contributed by atoms with Crippen molar-refractivity contribution in [2.24, 2.45) is 4.99 Å². The summed E-state index contributed by atoms with van der Waals surface area (Å²) in [5.74, 6) is 1.82. The molecule has 0 radical (unpaired) electrons. The molecule has 0 bridgehead atoms. The summed E-state index contributed by atoms with van der Waals surface area (Å²) in [6.45, 7) is 4.31. The lowest BCUT2D eigenvalue weighted by atomic mass is 9.93. The first kappa shape index (κ1) is 26.5. The molecule has 1 amide bonds. The van der Waals surface area contributed by atoms with Gasteiger partial charge in [-0.1, -0.05) is 23.9 Å². The van der Waals surface area contributed by atoms with Gasteiger partial charge in [-0.05, 0) is 54.6 Å². The van der Waals surface area contributed by atoms with Gasteiger partial charge in [0.05, 0.1) is 44.6 Å². The number of esters is 1. The average molecular weight is 552 g/mol. The van der Waals surface area contributed by atoms with E-state index in [0.29, 0.717) is 46.0 Å². The molecule has 0 aliphatic carbocycles. The lowest BCUT2D eigenvalue weighted by molar-refractivity contribution is -0.139. The van der Waals surface area contributed by atoms with Crippen LogP contribution in [-0.2, 0) is 20.9 Å². The summed E-state index contributed by atoms with van der Waals surface area (Å²) in [5, 5.41) is 5.55. The van der Waals surface area contributed by atoms with Crippen molar-refractivity contribution in [2.75, 3.05) is 27.6 Å². The van der Waals surface area contributed by atoms with Crippen LogP contribution in [0.4, 0.5) is 0 Å². The minimum Gasteiger partial charge on any atom is -0.493 e. The van der Waals surface area contributed by atoms with Gasteiger partial charge in [0, 0.05) is 12.2 Å². The molecular formula is C28H29N3O7S. The highest BCUT2D eigenvalue weighted by atomic mass is 32.2. The van der Waals surface area contributed by atoms with Crippen LogP contribution >= 0.6 is 11.8 Å². The minimum atomic E-state index is -0.570. The molecule has 3 aliphatic rings. The average Bonchev–Trinajstić information content (AvgIpc) is 3.57. The Morgan fingerprint density at radius 3 is 2.67 bits per heavy atom. The first-order valence-electron chi connectivity index (χ1n) is 12.4. The number of carbonyl (C=O) groups is 2. The molecule has 2 aromatic carbocycles. The van der Waals surface area contributed by atoms with Crippen LogP contribution in [0.3, 0.4) is 0 Å². The number of thioether (sulfide) groups is 1. The van der Waals surface area contributed by atoms with Crippen LogP contribution in [0.15, 0.2) is 63.8 Å². The maximum atomic E-state index is 13.2. The fraction of sp³-hybridized carbons (Fsp3) is 0.321. The Bertz CT molecular complexity index is 1400. The Kier molecular flexibility index (Phi) is 7.69. The quantitative estimate of drug-likeness (QED) is 0.457. The second-order valence-electron chi connectivity index (χ2n) is 8.87. The molecule has 11 heteroatoms. The molecule has 3 heterocycles. The summed E-state index contributed by atoms with van der Waals surface area (Å²) < 4.78 is 27.1. The molecule has 2 aromatic rings. The number of ether oxygens (including phenoxy) is 5. The van der Waals surface area contributed by atoms with E-state index in [2.05, 4.69) is 10.3 Å². The Balaban J connectivity index is 1.40. The zero-order chi connectivity index (χ0) is 27.5. The molecule has 204 valence electrons. The SMILES string of the molecule is CCOC(=O)C1=C(C)N=C2SC=C(CC(=O)NCc3ccc4c(c3)OCO4)N2C1c1ccc(OC)c(OC)c1. The summed E-state index contributed by atoms with van der Waals surface area (Å²) in [4.78, 5) is 32.8. The van der Waals surface area contributed by atoms with Gasteiger partial charge in [-0.2, -0.15) is 0 Å². The molecular weight excluding hydrogens is 522 g/mol. The van der Waals surface area contributed by atoms with E-state index in [9.17, 15) is 9.59 Å². The number of carbonyl (C=O) groups excluding carboxylic acids is 2. The standard InChI is InChI=1S/C28H29N3O7S/c1-5-36-27(33)25-16(2)30-28-31(26(25)18-7-9-20(34-3)22(11-18)35-4)19(14-39-28)12-24(32)29-13-17-6-8-21-23(10-17)38-15-37-21/h6-11,14,26H,5,12-13,15H2,1-4H3,(H,29,32). The number of aliphatic imine (C=N–C) groups is 1. The van der Waals surface area contributed by atoms with E-state index in [-0.39, 0.29) is 25.7 Å². The first-order valence-corrected chi connectivity index (χ1v) is 13.3. The highest BCUT2D eigenvalue weighted by molar-refractivity contribution is 8.16. The molecule has 1 unspecified atom stereocenters. The number of nitrogens with one attached hydrogen (secondary N) is 1. The predicted octanol–water partition coefficient (Wildman–Crippen LogP) is 4.28. The van der Waals surface area contributed by atoms with Gasteiger partial charge in [0.15, 0.2) is 28.2 Å². The van der Waals surface area contributed by atoms with Gasteiger partial charge in [-0.3, -0.25) is 4.79 Å². The summed E-state index contributed by atoms with van der Waals surface area (Å²) in [7, 11) is 3.13. The van der Waals surface area contributed by atoms with E-state index in [1.54, 1.807) is 34.1 Å². The van der Waals surface area contributed by atoms with Crippen molar-refractivity contribution in [2.45, 2.75) is 32.9 Å². The van der Waals surface area contributed by atoms with E-state index in [1.165, 1.54) is 11.8 Å².